The van der Waals surface area contributed by atoms with Crippen LogP contribution in [-0.2, 0) is 6.42 Å². The Morgan fingerprint density at radius 2 is 2.33 bits per heavy atom. The molecule has 0 fully saturated rings. The molecule has 4 nitrogen and oxygen atoms in total. The van der Waals surface area contributed by atoms with Crippen LogP contribution in [-0.4, -0.2) is 17.6 Å². The van der Waals surface area contributed by atoms with Gasteiger partial charge < -0.3 is 9.84 Å². The lowest BCUT2D eigenvalue weighted by Gasteiger charge is -2.03. The average Bonchev–Trinajstić information content (AvgIpc) is 2.56. The number of aromatic nitrogens is 1. The highest BCUT2D eigenvalue weighted by molar-refractivity contribution is 6.29. The zero-order chi connectivity index (χ0) is 11.4. The van der Waals surface area contributed by atoms with Crippen LogP contribution in [0.15, 0.2) is 16.1 Å². The van der Waals surface area contributed by atoms with Crippen molar-refractivity contribution >= 4 is 17.5 Å². The molecule has 0 spiro atoms. The number of carbonyl (C=O) groups excluding carboxylic acids is 1. The molecule has 0 saturated heterocycles. The number of nitrogens with one attached hydrogen (secondary N) is 1. The van der Waals surface area contributed by atoms with Crippen LogP contribution in [0.3, 0.4) is 0 Å². The van der Waals surface area contributed by atoms with Gasteiger partial charge in [-0.25, -0.2) is 0 Å². The topological polar surface area (TPSA) is 55.1 Å². The van der Waals surface area contributed by atoms with E-state index in [1.165, 1.54) is 0 Å². The van der Waals surface area contributed by atoms with Gasteiger partial charge in [0.15, 0.2) is 0 Å². The highest BCUT2D eigenvalue weighted by atomic mass is 35.5. The molecule has 0 aromatic carbocycles. The SMILES string of the molecule is C=C(Cl)CNC(=O)c1c(CC)noc1C. The molecule has 0 aliphatic heterocycles. The standard InChI is InChI=1S/C10H13ClN2O2/c1-4-8-9(7(3)15-13-8)10(14)12-5-6(2)11/h2,4-5H2,1,3H3,(H,12,14). The summed E-state index contributed by atoms with van der Waals surface area (Å²) in [5, 5.41) is 6.81. The second-order valence-electron chi connectivity index (χ2n) is 3.11. The Kier molecular flexibility index (Phi) is 3.91. The zero-order valence-electron chi connectivity index (χ0n) is 8.76. The van der Waals surface area contributed by atoms with Crippen molar-refractivity contribution in [3.05, 3.63) is 28.6 Å². The van der Waals surface area contributed by atoms with Crippen LogP contribution in [0.25, 0.3) is 0 Å². The van der Waals surface area contributed by atoms with Gasteiger partial charge in [0, 0.05) is 5.03 Å². The monoisotopic (exact) mass is 228 g/mol. The molecule has 1 N–H and O–H groups in total. The normalized spacial score (nSPS) is 10.1. The van der Waals surface area contributed by atoms with E-state index in [-0.39, 0.29) is 12.5 Å². The van der Waals surface area contributed by atoms with Crippen LogP contribution in [0.2, 0.25) is 0 Å². The van der Waals surface area contributed by atoms with E-state index in [0.717, 1.165) is 0 Å². The molecule has 0 atom stereocenters. The summed E-state index contributed by atoms with van der Waals surface area (Å²) in [6.07, 6.45) is 0.655. The fourth-order valence-electron chi connectivity index (χ4n) is 1.21. The first-order valence-corrected chi connectivity index (χ1v) is 5.00. The number of hydrogen-bond acceptors (Lipinski definition) is 3. The molecular formula is C10H13ClN2O2. The van der Waals surface area contributed by atoms with E-state index >= 15 is 0 Å². The first kappa shape index (κ1) is 11.8. The summed E-state index contributed by atoms with van der Waals surface area (Å²) in [4.78, 5) is 11.7. The number of carbonyl (C=O) groups is 1. The van der Waals surface area contributed by atoms with Crippen LogP contribution < -0.4 is 5.32 Å². The number of rotatable bonds is 4. The third-order valence-electron chi connectivity index (χ3n) is 1.94. The summed E-state index contributed by atoms with van der Waals surface area (Å²) in [6, 6.07) is 0. The molecule has 0 bridgehead atoms. The van der Waals surface area contributed by atoms with Crippen molar-refractivity contribution in [3.63, 3.8) is 0 Å². The van der Waals surface area contributed by atoms with Crippen LogP contribution in [0, 0.1) is 6.92 Å². The molecule has 1 rings (SSSR count). The lowest BCUT2D eigenvalue weighted by molar-refractivity contribution is 0.0955. The number of aryl methyl sites for hydroxylation is 2. The Bertz CT molecular complexity index is 385. The van der Waals surface area contributed by atoms with Crippen molar-refractivity contribution in [3.8, 4) is 0 Å². The fraction of sp³-hybridized carbons (Fsp3) is 0.400. The Labute approximate surface area is 93.3 Å². The number of halogens is 1. The molecule has 1 aromatic heterocycles. The highest BCUT2D eigenvalue weighted by Gasteiger charge is 2.18. The van der Waals surface area contributed by atoms with Gasteiger partial charge in [-0.2, -0.15) is 0 Å². The third kappa shape index (κ3) is 2.83. The second-order valence-corrected chi connectivity index (χ2v) is 3.65. The Morgan fingerprint density at radius 3 is 2.87 bits per heavy atom. The molecule has 0 saturated carbocycles. The second kappa shape index (κ2) is 4.98. The molecule has 15 heavy (non-hydrogen) atoms. The molecule has 1 amide bonds. The van der Waals surface area contributed by atoms with Gasteiger partial charge >= 0.3 is 0 Å². The molecule has 0 unspecified atom stereocenters. The third-order valence-corrected chi connectivity index (χ3v) is 2.07. The van der Waals surface area contributed by atoms with Crippen LogP contribution in [0.4, 0.5) is 0 Å². The van der Waals surface area contributed by atoms with Gasteiger partial charge in [0.2, 0.25) is 0 Å². The van der Waals surface area contributed by atoms with Crippen LogP contribution >= 0.6 is 11.6 Å². The largest absolute Gasteiger partial charge is 0.361 e. The Hall–Kier alpha value is -1.29. The summed E-state index contributed by atoms with van der Waals surface area (Å²) < 4.78 is 4.95. The maximum absolute atomic E-state index is 11.7. The summed E-state index contributed by atoms with van der Waals surface area (Å²) in [5.74, 6) is 0.289. The average molecular weight is 229 g/mol. The predicted octanol–water partition coefficient (Wildman–Crippen LogP) is 2.03. The van der Waals surface area contributed by atoms with Crippen molar-refractivity contribution in [2.75, 3.05) is 6.54 Å². The maximum atomic E-state index is 11.7. The molecule has 82 valence electrons. The number of nitrogens with zero attached hydrogens (tertiary/aromatic N) is 1. The van der Waals surface area contributed by atoms with Crippen LogP contribution in [0.1, 0.15) is 28.7 Å². The van der Waals surface area contributed by atoms with Gasteiger partial charge in [0.05, 0.1) is 12.2 Å². The van der Waals surface area contributed by atoms with Crippen molar-refractivity contribution in [1.82, 2.24) is 10.5 Å². The minimum Gasteiger partial charge on any atom is -0.361 e. The van der Waals surface area contributed by atoms with E-state index in [0.29, 0.717) is 28.5 Å². The molecule has 0 radical (unpaired) electrons. The zero-order valence-corrected chi connectivity index (χ0v) is 9.52. The smallest absolute Gasteiger partial charge is 0.257 e. The fourth-order valence-corrected chi connectivity index (χ4v) is 1.28. The quantitative estimate of drug-likeness (QED) is 0.858. The van der Waals surface area contributed by atoms with Crippen LogP contribution in [0.5, 0.6) is 0 Å². The van der Waals surface area contributed by atoms with E-state index in [1.54, 1.807) is 6.92 Å². The minimum atomic E-state index is -0.229. The lowest BCUT2D eigenvalue weighted by atomic mass is 10.1. The van der Waals surface area contributed by atoms with E-state index in [2.05, 4.69) is 17.1 Å². The summed E-state index contributed by atoms with van der Waals surface area (Å²) in [5.41, 5.74) is 1.15. The molecule has 0 aliphatic rings. The van der Waals surface area contributed by atoms with Gasteiger partial charge in [0.1, 0.15) is 11.3 Å². The lowest BCUT2D eigenvalue weighted by Crippen LogP contribution is -2.25. The van der Waals surface area contributed by atoms with Gasteiger partial charge in [-0.1, -0.05) is 30.3 Å². The van der Waals surface area contributed by atoms with Crippen molar-refractivity contribution in [2.24, 2.45) is 0 Å². The molecule has 0 aliphatic carbocycles. The Morgan fingerprint density at radius 1 is 1.67 bits per heavy atom. The van der Waals surface area contributed by atoms with Gasteiger partial charge in [-0.15, -0.1) is 0 Å². The van der Waals surface area contributed by atoms with Gasteiger partial charge in [-0.05, 0) is 13.3 Å². The summed E-state index contributed by atoms with van der Waals surface area (Å²) in [7, 11) is 0. The van der Waals surface area contributed by atoms with E-state index in [4.69, 9.17) is 16.1 Å². The summed E-state index contributed by atoms with van der Waals surface area (Å²) >= 11 is 5.55. The molecule has 1 heterocycles. The molecular weight excluding hydrogens is 216 g/mol. The number of amides is 1. The van der Waals surface area contributed by atoms with Gasteiger partial charge in [-0.3, -0.25) is 4.79 Å². The first-order chi connectivity index (χ1) is 7.06. The highest BCUT2D eigenvalue weighted by Crippen LogP contribution is 2.13. The predicted molar refractivity (Wildman–Crippen MR) is 57.9 cm³/mol. The maximum Gasteiger partial charge on any atom is 0.257 e. The van der Waals surface area contributed by atoms with Crippen molar-refractivity contribution in [2.45, 2.75) is 20.3 Å². The van der Waals surface area contributed by atoms with E-state index in [1.807, 2.05) is 6.92 Å². The molecule has 5 heteroatoms. The van der Waals surface area contributed by atoms with E-state index in [9.17, 15) is 4.79 Å². The van der Waals surface area contributed by atoms with E-state index < -0.39 is 0 Å². The number of hydrogen-bond donors (Lipinski definition) is 1. The van der Waals surface area contributed by atoms with Gasteiger partial charge in [0.25, 0.3) is 5.91 Å². The first-order valence-electron chi connectivity index (χ1n) is 4.62. The minimum absolute atomic E-state index is 0.229. The van der Waals surface area contributed by atoms with Crippen molar-refractivity contribution in [1.29, 1.82) is 0 Å². The Balaban J connectivity index is 2.80. The summed E-state index contributed by atoms with van der Waals surface area (Å²) in [6.45, 7) is 7.35. The van der Waals surface area contributed by atoms with Crippen molar-refractivity contribution < 1.29 is 9.32 Å². The molecule has 1 aromatic rings.